The van der Waals surface area contributed by atoms with E-state index in [1.807, 2.05) is 0 Å². The van der Waals surface area contributed by atoms with Gasteiger partial charge in [0, 0.05) is 7.05 Å². The van der Waals surface area contributed by atoms with Crippen LogP contribution in [0.3, 0.4) is 0 Å². The molecule has 3 N–H and O–H groups in total. The van der Waals surface area contributed by atoms with E-state index in [4.69, 9.17) is 5.73 Å². The molecule has 2 rings (SSSR count). The van der Waals surface area contributed by atoms with Crippen molar-refractivity contribution in [1.29, 1.82) is 0 Å². The molecular formula is C11H9F3N4O. The summed E-state index contributed by atoms with van der Waals surface area (Å²) in [7, 11) is 1.52. The monoisotopic (exact) mass is 270 g/mol. The van der Waals surface area contributed by atoms with Crippen molar-refractivity contribution in [3.63, 3.8) is 0 Å². The summed E-state index contributed by atoms with van der Waals surface area (Å²) in [6.07, 6.45) is 1.18. The minimum atomic E-state index is -1.66. The van der Waals surface area contributed by atoms with E-state index in [0.29, 0.717) is 6.07 Å². The van der Waals surface area contributed by atoms with Gasteiger partial charge in [-0.25, -0.2) is 13.2 Å². The first-order valence-corrected chi connectivity index (χ1v) is 5.14. The quantitative estimate of drug-likeness (QED) is 0.815. The summed E-state index contributed by atoms with van der Waals surface area (Å²) in [4.78, 5) is 11.8. The predicted octanol–water partition coefficient (Wildman–Crippen LogP) is 1.67. The lowest BCUT2D eigenvalue weighted by Crippen LogP contribution is -2.15. The van der Waals surface area contributed by atoms with Crippen LogP contribution in [0.25, 0.3) is 0 Å². The first-order chi connectivity index (χ1) is 8.91. The van der Waals surface area contributed by atoms with Gasteiger partial charge >= 0.3 is 0 Å². The van der Waals surface area contributed by atoms with Crippen LogP contribution >= 0.6 is 0 Å². The Bertz CT molecular complexity index is 654. The zero-order valence-corrected chi connectivity index (χ0v) is 9.75. The Balaban J connectivity index is 2.30. The zero-order valence-electron chi connectivity index (χ0n) is 9.75. The maximum Gasteiger partial charge on any atom is 0.261 e. The molecule has 100 valence electrons. The SMILES string of the molecule is Cn1ncc(C(=O)Nc2ccc(F)c(F)c2F)c1N. The van der Waals surface area contributed by atoms with Crippen LogP contribution in [0, 0.1) is 17.5 Å². The van der Waals surface area contributed by atoms with Gasteiger partial charge in [-0.3, -0.25) is 9.48 Å². The number of nitrogen functional groups attached to an aromatic ring is 1. The number of nitrogens with one attached hydrogen (secondary N) is 1. The summed E-state index contributed by atoms with van der Waals surface area (Å²) < 4.78 is 40.3. The Morgan fingerprint density at radius 2 is 2.00 bits per heavy atom. The first-order valence-electron chi connectivity index (χ1n) is 5.14. The van der Waals surface area contributed by atoms with E-state index < -0.39 is 29.0 Å². The van der Waals surface area contributed by atoms with Crippen molar-refractivity contribution in [2.45, 2.75) is 0 Å². The van der Waals surface area contributed by atoms with E-state index in [1.54, 1.807) is 0 Å². The van der Waals surface area contributed by atoms with Crippen LogP contribution in [-0.2, 0) is 7.05 Å². The van der Waals surface area contributed by atoms with E-state index in [1.165, 1.54) is 17.9 Å². The molecule has 5 nitrogen and oxygen atoms in total. The molecule has 19 heavy (non-hydrogen) atoms. The van der Waals surface area contributed by atoms with Gasteiger partial charge in [0.1, 0.15) is 11.4 Å². The van der Waals surface area contributed by atoms with Crippen molar-refractivity contribution in [3.8, 4) is 0 Å². The average molecular weight is 270 g/mol. The number of nitrogens with two attached hydrogens (primary N) is 1. The molecule has 1 aromatic carbocycles. The highest BCUT2D eigenvalue weighted by Gasteiger charge is 2.18. The number of aryl methyl sites for hydroxylation is 1. The lowest BCUT2D eigenvalue weighted by atomic mass is 10.2. The standard InChI is InChI=1S/C11H9F3N4O/c1-18-10(15)5(4-16-18)11(19)17-7-3-2-6(12)8(13)9(7)14/h2-4H,15H2,1H3,(H,17,19). The van der Waals surface area contributed by atoms with Gasteiger partial charge in [0.2, 0.25) is 0 Å². The van der Waals surface area contributed by atoms with E-state index in [-0.39, 0.29) is 11.4 Å². The molecule has 0 unspecified atom stereocenters. The minimum Gasteiger partial charge on any atom is -0.383 e. The summed E-state index contributed by atoms with van der Waals surface area (Å²) >= 11 is 0. The lowest BCUT2D eigenvalue weighted by Gasteiger charge is -2.06. The topological polar surface area (TPSA) is 72.9 Å². The Kier molecular flexibility index (Phi) is 3.16. The summed E-state index contributed by atoms with van der Waals surface area (Å²) in [5.74, 6) is -5.17. The van der Waals surface area contributed by atoms with Crippen LogP contribution in [0.5, 0.6) is 0 Å². The summed E-state index contributed by atoms with van der Waals surface area (Å²) in [6.45, 7) is 0. The molecule has 1 amide bonds. The highest BCUT2D eigenvalue weighted by Crippen LogP contribution is 2.21. The van der Waals surface area contributed by atoms with Crippen LogP contribution in [0.1, 0.15) is 10.4 Å². The van der Waals surface area contributed by atoms with Gasteiger partial charge in [-0.15, -0.1) is 0 Å². The third-order valence-electron chi connectivity index (χ3n) is 2.51. The summed E-state index contributed by atoms with van der Waals surface area (Å²) in [5, 5.41) is 5.83. The van der Waals surface area contributed by atoms with E-state index in [2.05, 4.69) is 10.4 Å². The summed E-state index contributed by atoms with van der Waals surface area (Å²) in [6, 6.07) is 1.62. The number of rotatable bonds is 2. The van der Waals surface area contributed by atoms with E-state index in [0.717, 1.165) is 6.07 Å². The molecule has 1 heterocycles. The van der Waals surface area contributed by atoms with Gasteiger partial charge in [0.25, 0.3) is 5.91 Å². The molecule has 2 aromatic rings. The number of hydrogen-bond donors (Lipinski definition) is 2. The highest BCUT2D eigenvalue weighted by atomic mass is 19.2. The molecule has 0 fully saturated rings. The van der Waals surface area contributed by atoms with E-state index >= 15 is 0 Å². The molecule has 0 radical (unpaired) electrons. The number of amides is 1. The molecule has 1 aromatic heterocycles. The third-order valence-corrected chi connectivity index (χ3v) is 2.51. The van der Waals surface area contributed by atoms with Crippen molar-refractivity contribution in [3.05, 3.63) is 41.3 Å². The average Bonchev–Trinajstić information content (AvgIpc) is 2.71. The van der Waals surface area contributed by atoms with Crippen molar-refractivity contribution in [2.24, 2.45) is 7.05 Å². The second-order valence-corrected chi connectivity index (χ2v) is 3.74. The van der Waals surface area contributed by atoms with Gasteiger partial charge in [0.05, 0.1) is 11.9 Å². The molecular weight excluding hydrogens is 261 g/mol. The fraction of sp³-hybridized carbons (Fsp3) is 0.0909. The van der Waals surface area contributed by atoms with Crippen LogP contribution < -0.4 is 11.1 Å². The molecule has 0 atom stereocenters. The van der Waals surface area contributed by atoms with Crippen LogP contribution in [0.2, 0.25) is 0 Å². The Hall–Kier alpha value is -2.51. The second-order valence-electron chi connectivity index (χ2n) is 3.74. The number of nitrogens with zero attached hydrogens (tertiary/aromatic N) is 2. The molecule has 0 aliphatic heterocycles. The van der Waals surface area contributed by atoms with Gasteiger partial charge in [0.15, 0.2) is 17.5 Å². The molecule has 0 aliphatic rings. The second kappa shape index (κ2) is 4.63. The molecule has 0 aliphatic carbocycles. The van der Waals surface area contributed by atoms with Crippen molar-refractivity contribution in [2.75, 3.05) is 11.1 Å². The van der Waals surface area contributed by atoms with Crippen molar-refractivity contribution >= 4 is 17.4 Å². The third kappa shape index (κ3) is 2.24. The van der Waals surface area contributed by atoms with Crippen LogP contribution in [-0.4, -0.2) is 15.7 Å². The van der Waals surface area contributed by atoms with Gasteiger partial charge in [-0.05, 0) is 12.1 Å². The maximum atomic E-state index is 13.4. The molecule has 0 spiro atoms. The Labute approximate surface area is 105 Å². The number of hydrogen-bond acceptors (Lipinski definition) is 3. The number of carbonyl (C=O) groups excluding carboxylic acids is 1. The van der Waals surface area contributed by atoms with Crippen molar-refractivity contribution in [1.82, 2.24) is 9.78 Å². The number of carbonyl (C=O) groups is 1. The minimum absolute atomic E-state index is 0.00614. The van der Waals surface area contributed by atoms with Crippen molar-refractivity contribution < 1.29 is 18.0 Å². The number of anilines is 2. The number of benzene rings is 1. The van der Waals surface area contributed by atoms with E-state index in [9.17, 15) is 18.0 Å². The number of aromatic nitrogens is 2. The maximum absolute atomic E-state index is 13.4. The van der Waals surface area contributed by atoms with Crippen LogP contribution in [0.4, 0.5) is 24.7 Å². The number of halogens is 3. The van der Waals surface area contributed by atoms with Gasteiger partial charge in [-0.2, -0.15) is 5.10 Å². The smallest absolute Gasteiger partial charge is 0.261 e. The fourth-order valence-electron chi connectivity index (χ4n) is 1.43. The lowest BCUT2D eigenvalue weighted by molar-refractivity contribution is 0.102. The fourth-order valence-corrected chi connectivity index (χ4v) is 1.43. The zero-order chi connectivity index (χ0) is 14.2. The van der Waals surface area contributed by atoms with Crippen LogP contribution in [0.15, 0.2) is 18.3 Å². The molecule has 0 saturated carbocycles. The van der Waals surface area contributed by atoms with Gasteiger partial charge < -0.3 is 11.1 Å². The first kappa shape index (κ1) is 12.9. The normalized spacial score (nSPS) is 10.5. The molecule has 8 heteroatoms. The van der Waals surface area contributed by atoms with Gasteiger partial charge in [-0.1, -0.05) is 0 Å². The molecule has 0 saturated heterocycles. The Morgan fingerprint density at radius 3 is 2.58 bits per heavy atom. The Morgan fingerprint density at radius 1 is 1.32 bits per heavy atom. The summed E-state index contributed by atoms with van der Waals surface area (Å²) in [5.41, 5.74) is 5.09. The predicted molar refractivity (Wildman–Crippen MR) is 61.9 cm³/mol. The highest BCUT2D eigenvalue weighted by molar-refractivity contribution is 6.07. The largest absolute Gasteiger partial charge is 0.383 e. The molecule has 0 bridgehead atoms.